The Morgan fingerprint density at radius 1 is 1.21 bits per heavy atom. The molecule has 8 heteroatoms. The van der Waals surface area contributed by atoms with Gasteiger partial charge in [-0.05, 0) is 50.0 Å². The minimum atomic E-state index is -1.81. The van der Waals surface area contributed by atoms with Crippen LogP contribution in [0.3, 0.4) is 0 Å². The number of rotatable bonds is 6. The Labute approximate surface area is 198 Å². The summed E-state index contributed by atoms with van der Waals surface area (Å²) in [6.07, 6.45) is 2.09. The Morgan fingerprint density at radius 3 is 2.79 bits per heavy atom. The lowest BCUT2D eigenvalue weighted by molar-refractivity contribution is -0.172. The van der Waals surface area contributed by atoms with Gasteiger partial charge in [-0.3, -0.25) is 4.79 Å². The van der Waals surface area contributed by atoms with Gasteiger partial charge in [-0.2, -0.15) is 0 Å². The molecule has 0 amide bonds. The summed E-state index contributed by atoms with van der Waals surface area (Å²) < 4.78 is 6.81. The Bertz CT molecular complexity index is 1300. The number of nitrogens with zero attached hydrogens (tertiary/aromatic N) is 2. The summed E-state index contributed by atoms with van der Waals surface area (Å²) in [5, 5.41) is 15.5. The largest absolute Gasteiger partial charge is 0.458 e. The van der Waals surface area contributed by atoms with Crippen LogP contribution in [0.4, 0.5) is 0 Å². The number of nitrogens with one attached hydrogen (secondary N) is 1. The van der Waals surface area contributed by atoms with Gasteiger partial charge in [0.15, 0.2) is 5.60 Å². The molecule has 0 fully saturated rings. The molecule has 2 aliphatic heterocycles. The van der Waals surface area contributed by atoms with Crippen LogP contribution < -0.4 is 10.9 Å². The topological polar surface area (TPSA) is 93.5 Å². The Balaban J connectivity index is 0.00000259. The third kappa shape index (κ3) is 3.64. The van der Waals surface area contributed by atoms with Crippen molar-refractivity contribution in [1.82, 2.24) is 14.9 Å². The van der Waals surface area contributed by atoms with E-state index in [1.165, 1.54) is 0 Å². The number of carbonyl (C=O) groups is 1. The van der Waals surface area contributed by atoms with E-state index in [1.54, 1.807) is 17.6 Å². The summed E-state index contributed by atoms with van der Waals surface area (Å²) in [6, 6.07) is 10.0. The lowest BCUT2D eigenvalue weighted by Gasteiger charge is -2.31. The molecule has 0 radical (unpaired) electrons. The first kappa shape index (κ1) is 23.4. The second-order valence-electron chi connectivity index (χ2n) is 8.59. The fraction of sp³-hybridized carbons (Fsp3) is 0.400. The van der Waals surface area contributed by atoms with E-state index in [1.807, 2.05) is 12.1 Å². The molecule has 0 bridgehead atoms. The SMILES string of the molecule is CCCNCCc1cccc2cc3c(nc12)-c1cc2c(c(=O)n1C3)COC(=O)[C@]2(O)CC.Cl. The van der Waals surface area contributed by atoms with E-state index in [4.69, 9.17) is 9.72 Å². The Morgan fingerprint density at radius 2 is 2.03 bits per heavy atom. The summed E-state index contributed by atoms with van der Waals surface area (Å²) in [5.41, 5.74) is 3.08. The number of para-hydroxylation sites is 1. The number of ether oxygens (including phenoxy) is 1. The van der Waals surface area contributed by atoms with E-state index >= 15 is 0 Å². The highest BCUT2D eigenvalue weighted by molar-refractivity contribution is 5.88. The number of esters is 1. The van der Waals surface area contributed by atoms with Crippen molar-refractivity contribution in [3.63, 3.8) is 0 Å². The van der Waals surface area contributed by atoms with E-state index in [-0.39, 0.29) is 31.0 Å². The second kappa shape index (κ2) is 8.89. The van der Waals surface area contributed by atoms with Gasteiger partial charge in [0.05, 0.1) is 29.0 Å². The molecule has 2 aromatic heterocycles. The van der Waals surface area contributed by atoms with Gasteiger partial charge in [-0.1, -0.05) is 32.0 Å². The predicted octanol–water partition coefficient (Wildman–Crippen LogP) is 3.04. The molecule has 0 aliphatic carbocycles. The fourth-order valence-corrected chi connectivity index (χ4v) is 4.80. The highest BCUT2D eigenvalue weighted by atomic mass is 35.5. The van der Waals surface area contributed by atoms with Crippen LogP contribution in [0.25, 0.3) is 22.3 Å². The monoisotopic (exact) mass is 469 g/mol. The molecule has 1 aromatic carbocycles. The first-order chi connectivity index (χ1) is 15.5. The molecule has 0 unspecified atom stereocenters. The standard InChI is InChI=1S/C25H27N3O4.ClH/c1-3-9-26-10-8-15-6-5-7-16-11-17-13-28-20(22(17)27-21(15)16)12-19-18(23(28)29)14-32-24(30)25(19,31)4-2;/h5-7,11-12,26,31H,3-4,8-10,13-14H2,1-2H3;1H/t25-;/m0./s1. The Hall–Kier alpha value is -2.74. The first-order valence-electron chi connectivity index (χ1n) is 11.3. The van der Waals surface area contributed by atoms with Gasteiger partial charge in [0.2, 0.25) is 0 Å². The van der Waals surface area contributed by atoms with E-state index in [9.17, 15) is 14.7 Å². The lowest BCUT2D eigenvalue weighted by atomic mass is 9.86. The van der Waals surface area contributed by atoms with Crippen LogP contribution in [0, 0.1) is 0 Å². The molecule has 174 valence electrons. The average molecular weight is 470 g/mol. The zero-order chi connectivity index (χ0) is 22.5. The van der Waals surface area contributed by atoms with Gasteiger partial charge in [-0.15, -0.1) is 12.4 Å². The Kier molecular flexibility index (Phi) is 6.31. The first-order valence-corrected chi connectivity index (χ1v) is 11.3. The van der Waals surface area contributed by atoms with Gasteiger partial charge in [0.25, 0.3) is 5.56 Å². The number of hydrogen-bond donors (Lipinski definition) is 2. The number of cyclic esters (lactones) is 1. The molecule has 1 atom stereocenters. The van der Waals surface area contributed by atoms with Crippen LogP contribution in [-0.2, 0) is 34.7 Å². The van der Waals surface area contributed by atoms with Crippen molar-refractivity contribution in [2.24, 2.45) is 0 Å². The summed E-state index contributed by atoms with van der Waals surface area (Å²) in [5.74, 6) is -0.705. The molecular formula is C25H28ClN3O4. The molecule has 0 saturated carbocycles. The number of aromatic nitrogens is 2. The van der Waals surface area contributed by atoms with Crippen molar-refractivity contribution in [2.45, 2.75) is 51.9 Å². The minimum absolute atomic E-state index is 0. The van der Waals surface area contributed by atoms with Crippen molar-refractivity contribution < 1.29 is 14.6 Å². The normalized spacial score (nSPS) is 18.3. The highest BCUT2D eigenvalue weighted by Gasteiger charge is 2.45. The van der Waals surface area contributed by atoms with Crippen molar-refractivity contribution in [2.75, 3.05) is 13.1 Å². The summed E-state index contributed by atoms with van der Waals surface area (Å²) in [4.78, 5) is 30.6. The van der Waals surface area contributed by atoms with E-state index in [2.05, 4.69) is 24.4 Å². The lowest BCUT2D eigenvalue weighted by Crippen LogP contribution is -2.44. The zero-order valence-corrected chi connectivity index (χ0v) is 19.6. The van der Waals surface area contributed by atoms with Gasteiger partial charge in [0.1, 0.15) is 6.61 Å². The molecule has 2 aliphatic rings. The van der Waals surface area contributed by atoms with Crippen LogP contribution >= 0.6 is 12.4 Å². The summed E-state index contributed by atoms with van der Waals surface area (Å²) in [7, 11) is 0. The van der Waals surface area contributed by atoms with Gasteiger partial charge >= 0.3 is 5.97 Å². The molecule has 2 N–H and O–H groups in total. The summed E-state index contributed by atoms with van der Waals surface area (Å²) >= 11 is 0. The molecule has 33 heavy (non-hydrogen) atoms. The fourth-order valence-electron chi connectivity index (χ4n) is 4.80. The molecule has 0 spiro atoms. The van der Waals surface area contributed by atoms with Crippen molar-refractivity contribution in [1.29, 1.82) is 0 Å². The molecule has 0 saturated heterocycles. The smallest absolute Gasteiger partial charge is 0.343 e. The number of aliphatic hydroxyl groups is 1. The van der Waals surface area contributed by atoms with Crippen molar-refractivity contribution in [3.05, 3.63) is 62.9 Å². The number of carbonyl (C=O) groups excluding carboxylic acids is 1. The number of pyridine rings is 2. The predicted molar refractivity (Wildman–Crippen MR) is 129 cm³/mol. The quantitative estimate of drug-likeness (QED) is 0.333. The van der Waals surface area contributed by atoms with E-state index in [0.717, 1.165) is 53.7 Å². The number of hydrogen-bond acceptors (Lipinski definition) is 6. The van der Waals surface area contributed by atoms with Crippen molar-refractivity contribution >= 4 is 29.3 Å². The van der Waals surface area contributed by atoms with Gasteiger partial charge in [-0.25, -0.2) is 9.78 Å². The maximum Gasteiger partial charge on any atom is 0.343 e. The second-order valence-corrected chi connectivity index (χ2v) is 8.59. The van der Waals surface area contributed by atoms with Crippen LogP contribution in [-0.4, -0.2) is 33.7 Å². The highest BCUT2D eigenvalue weighted by Crippen LogP contribution is 2.38. The minimum Gasteiger partial charge on any atom is -0.458 e. The zero-order valence-electron chi connectivity index (χ0n) is 18.8. The van der Waals surface area contributed by atoms with Gasteiger partial charge in [0, 0.05) is 16.5 Å². The molecule has 7 nitrogen and oxygen atoms in total. The maximum absolute atomic E-state index is 13.3. The average Bonchev–Trinajstić information content (AvgIpc) is 3.16. The van der Waals surface area contributed by atoms with Crippen LogP contribution in [0.15, 0.2) is 35.1 Å². The maximum atomic E-state index is 13.3. The number of benzene rings is 1. The van der Waals surface area contributed by atoms with Crippen LogP contribution in [0.1, 0.15) is 48.9 Å². The molecular weight excluding hydrogens is 442 g/mol. The number of halogens is 1. The summed E-state index contributed by atoms with van der Waals surface area (Å²) in [6.45, 7) is 6.02. The van der Waals surface area contributed by atoms with Crippen LogP contribution in [0.2, 0.25) is 0 Å². The number of fused-ring (bicyclic) bond motifs is 5. The van der Waals surface area contributed by atoms with Gasteiger partial charge < -0.3 is 19.7 Å². The van der Waals surface area contributed by atoms with Crippen molar-refractivity contribution in [3.8, 4) is 11.4 Å². The third-order valence-electron chi connectivity index (χ3n) is 6.62. The van der Waals surface area contributed by atoms with E-state index < -0.39 is 11.6 Å². The molecule has 3 aromatic rings. The van der Waals surface area contributed by atoms with Crippen LogP contribution in [0.5, 0.6) is 0 Å². The third-order valence-corrected chi connectivity index (χ3v) is 6.62. The molecule has 4 heterocycles. The molecule has 5 rings (SSSR count). The van der Waals surface area contributed by atoms with E-state index in [0.29, 0.717) is 23.4 Å².